The van der Waals surface area contributed by atoms with Crippen LogP contribution in [0.1, 0.15) is 30.9 Å². The zero-order valence-corrected chi connectivity index (χ0v) is 13.6. The van der Waals surface area contributed by atoms with E-state index < -0.39 is 0 Å². The summed E-state index contributed by atoms with van der Waals surface area (Å²) in [6.07, 6.45) is 0.244. The first-order valence-corrected chi connectivity index (χ1v) is 7.77. The third kappa shape index (κ3) is 2.44. The highest BCUT2D eigenvalue weighted by atomic mass is 79.9. The van der Waals surface area contributed by atoms with Crippen molar-refractivity contribution in [1.82, 2.24) is 4.98 Å². The van der Waals surface area contributed by atoms with Crippen LogP contribution in [0.15, 0.2) is 34.8 Å². The molecule has 3 N–H and O–H groups in total. The largest absolute Gasteiger partial charge is 0.369 e. The molecule has 21 heavy (non-hydrogen) atoms. The first-order chi connectivity index (χ1) is 9.97. The summed E-state index contributed by atoms with van der Waals surface area (Å²) < 4.78 is 1.02. The molecule has 1 amide bonds. The van der Waals surface area contributed by atoms with E-state index >= 15 is 0 Å². The Morgan fingerprint density at radius 1 is 1.29 bits per heavy atom. The fraction of sp³-hybridized carbons (Fsp3) is 0.235. The minimum absolute atomic E-state index is 0.244. The summed E-state index contributed by atoms with van der Waals surface area (Å²) in [7, 11) is 0. The molecule has 0 saturated carbocycles. The van der Waals surface area contributed by atoms with Gasteiger partial charge in [-0.2, -0.15) is 0 Å². The predicted molar refractivity (Wildman–Crippen MR) is 90.5 cm³/mol. The van der Waals surface area contributed by atoms with Crippen LogP contribution in [-0.4, -0.2) is 10.9 Å². The maximum Gasteiger partial charge on any atom is 0.221 e. The molecule has 3 aromatic rings. The number of hydrogen-bond acceptors (Lipinski definition) is 1. The Morgan fingerprint density at radius 2 is 2.05 bits per heavy atom. The Morgan fingerprint density at radius 3 is 2.71 bits per heavy atom. The fourth-order valence-corrected chi connectivity index (χ4v) is 3.28. The number of carbonyl (C=O) groups is 1. The van der Waals surface area contributed by atoms with E-state index in [-0.39, 0.29) is 12.3 Å². The highest BCUT2D eigenvalue weighted by Gasteiger charge is 2.13. The van der Waals surface area contributed by atoms with Gasteiger partial charge in [-0.1, -0.05) is 48.0 Å². The topological polar surface area (TPSA) is 58.9 Å². The second-order valence-electron chi connectivity index (χ2n) is 5.68. The van der Waals surface area contributed by atoms with Gasteiger partial charge in [0, 0.05) is 20.8 Å². The van der Waals surface area contributed by atoms with Crippen molar-refractivity contribution in [2.24, 2.45) is 5.73 Å². The number of aromatic amines is 1. The Hall–Kier alpha value is -1.81. The van der Waals surface area contributed by atoms with Crippen molar-refractivity contribution in [1.29, 1.82) is 0 Å². The van der Waals surface area contributed by atoms with E-state index in [1.165, 1.54) is 5.56 Å². The van der Waals surface area contributed by atoms with Gasteiger partial charge in [-0.05, 0) is 29.2 Å². The molecule has 3 rings (SSSR count). The molecule has 2 aromatic carbocycles. The van der Waals surface area contributed by atoms with E-state index in [1.54, 1.807) is 0 Å². The molecular formula is C17H17BrN2O. The number of aromatic nitrogens is 1. The maximum atomic E-state index is 11.3. The summed E-state index contributed by atoms with van der Waals surface area (Å²) in [5, 5.41) is 2.27. The normalized spacial score (nSPS) is 11.6. The van der Waals surface area contributed by atoms with Gasteiger partial charge in [0.1, 0.15) is 0 Å². The van der Waals surface area contributed by atoms with Gasteiger partial charge in [-0.25, -0.2) is 0 Å². The number of carbonyl (C=O) groups excluding carboxylic acids is 1. The third-order valence-electron chi connectivity index (χ3n) is 3.84. The van der Waals surface area contributed by atoms with Crippen LogP contribution in [0.5, 0.6) is 0 Å². The van der Waals surface area contributed by atoms with Gasteiger partial charge in [0.2, 0.25) is 5.91 Å². The average molecular weight is 345 g/mol. The van der Waals surface area contributed by atoms with E-state index in [0.717, 1.165) is 31.8 Å². The minimum Gasteiger partial charge on any atom is -0.369 e. The lowest BCUT2D eigenvalue weighted by Gasteiger charge is -2.04. The average Bonchev–Trinajstić information content (AvgIpc) is 2.80. The van der Waals surface area contributed by atoms with Gasteiger partial charge in [0.05, 0.1) is 11.9 Å². The van der Waals surface area contributed by atoms with Crippen LogP contribution in [0.4, 0.5) is 0 Å². The lowest BCUT2D eigenvalue weighted by molar-refractivity contribution is -0.117. The van der Waals surface area contributed by atoms with Crippen molar-refractivity contribution in [3.8, 4) is 0 Å². The summed E-state index contributed by atoms with van der Waals surface area (Å²) in [4.78, 5) is 14.7. The number of hydrogen-bond donors (Lipinski definition) is 2. The molecule has 0 aliphatic carbocycles. The van der Waals surface area contributed by atoms with Gasteiger partial charge in [-0.3, -0.25) is 4.79 Å². The number of benzene rings is 2. The summed E-state index contributed by atoms with van der Waals surface area (Å²) in [5.74, 6) is 0.162. The lowest BCUT2D eigenvalue weighted by Crippen LogP contribution is -2.13. The molecule has 0 spiro atoms. The maximum absolute atomic E-state index is 11.3. The van der Waals surface area contributed by atoms with Crippen LogP contribution >= 0.6 is 15.9 Å². The number of rotatable bonds is 3. The number of halogens is 1. The Balaban J connectivity index is 2.33. The number of H-pyrrole nitrogens is 1. The van der Waals surface area contributed by atoms with Crippen molar-refractivity contribution in [3.63, 3.8) is 0 Å². The van der Waals surface area contributed by atoms with Crippen molar-refractivity contribution >= 4 is 43.6 Å². The molecule has 3 nitrogen and oxygen atoms in total. The standard InChI is InChI=1S/C17H17BrN2O/c1-9(2)10-3-5-12-14(7-10)20-17-11(8-15(19)21)4-6-13(18)16(12)17/h3-7,9,20H,8H2,1-2H3,(H2,19,21). The predicted octanol–water partition coefficient (Wildman–Crippen LogP) is 4.23. The molecule has 1 heterocycles. The molecule has 0 saturated heterocycles. The van der Waals surface area contributed by atoms with E-state index in [0.29, 0.717) is 5.92 Å². The summed E-state index contributed by atoms with van der Waals surface area (Å²) in [5.41, 5.74) is 9.65. The molecular weight excluding hydrogens is 328 g/mol. The van der Waals surface area contributed by atoms with E-state index in [4.69, 9.17) is 5.73 Å². The highest BCUT2D eigenvalue weighted by molar-refractivity contribution is 9.10. The van der Waals surface area contributed by atoms with Crippen molar-refractivity contribution < 1.29 is 4.79 Å². The summed E-state index contributed by atoms with van der Waals surface area (Å²) in [6, 6.07) is 10.4. The Bertz CT molecular complexity index is 849. The highest BCUT2D eigenvalue weighted by Crippen LogP contribution is 2.35. The van der Waals surface area contributed by atoms with Crippen LogP contribution in [-0.2, 0) is 11.2 Å². The van der Waals surface area contributed by atoms with Gasteiger partial charge < -0.3 is 10.7 Å². The Labute approximate surface area is 131 Å². The fourth-order valence-electron chi connectivity index (χ4n) is 2.74. The van der Waals surface area contributed by atoms with Crippen molar-refractivity contribution in [2.45, 2.75) is 26.2 Å². The monoisotopic (exact) mass is 344 g/mol. The summed E-state index contributed by atoms with van der Waals surface area (Å²) in [6.45, 7) is 4.36. The van der Waals surface area contributed by atoms with Crippen molar-refractivity contribution in [3.05, 3.63) is 45.9 Å². The molecule has 0 unspecified atom stereocenters. The van der Waals surface area contributed by atoms with Gasteiger partial charge >= 0.3 is 0 Å². The molecule has 0 atom stereocenters. The second-order valence-corrected chi connectivity index (χ2v) is 6.54. The zero-order chi connectivity index (χ0) is 15.1. The van der Waals surface area contributed by atoms with Crippen molar-refractivity contribution in [2.75, 3.05) is 0 Å². The van der Waals surface area contributed by atoms with Crippen LogP contribution in [0.2, 0.25) is 0 Å². The molecule has 1 aromatic heterocycles. The minimum atomic E-state index is -0.319. The molecule has 0 bridgehead atoms. The molecule has 4 heteroatoms. The van der Waals surface area contributed by atoms with Crippen LogP contribution in [0.3, 0.4) is 0 Å². The quantitative estimate of drug-likeness (QED) is 0.733. The molecule has 0 aliphatic heterocycles. The number of nitrogens with two attached hydrogens (primary N) is 1. The second kappa shape index (κ2) is 5.19. The van der Waals surface area contributed by atoms with Crippen LogP contribution < -0.4 is 5.73 Å². The molecule has 0 fully saturated rings. The number of fused-ring (bicyclic) bond motifs is 3. The van der Waals surface area contributed by atoms with E-state index in [1.807, 2.05) is 12.1 Å². The van der Waals surface area contributed by atoms with Gasteiger partial charge in [-0.15, -0.1) is 0 Å². The SMILES string of the molecule is CC(C)c1ccc2c(c1)[nH]c1c(CC(N)=O)ccc(Br)c12. The van der Waals surface area contributed by atoms with Gasteiger partial charge in [0.25, 0.3) is 0 Å². The summed E-state index contributed by atoms with van der Waals surface area (Å²) >= 11 is 3.61. The Kier molecular flexibility index (Phi) is 3.49. The first-order valence-electron chi connectivity index (χ1n) is 6.98. The number of amides is 1. The van der Waals surface area contributed by atoms with E-state index in [2.05, 4.69) is 53.0 Å². The molecule has 0 aliphatic rings. The smallest absolute Gasteiger partial charge is 0.221 e. The number of primary amides is 1. The molecule has 0 radical (unpaired) electrons. The lowest BCUT2D eigenvalue weighted by atomic mass is 10.0. The zero-order valence-electron chi connectivity index (χ0n) is 12.0. The number of nitrogens with one attached hydrogen (secondary N) is 1. The van der Waals surface area contributed by atoms with Crippen LogP contribution in [0, 0.1) is 0 Å². The van der Waals surface area contributed by atoms with E-state index in [9.17, 15) is 4.79 Å². The van der Waals surface area contributed by atoms with Gasteiger partial charge in [0.15, 0.2) is 0 Å². The first kappa shape index (κ1) is 14.1. The third-order valence-corrected chi connectivity index (χ3v) is 4.51. The molecule has 108 valence electrons. The van der Waals surface area contributed by atoms with Crippen LogP contribution in [0.25, 0.3) is 21.8 Å².